The van der Waals surface area contributed by atoms with Crippen molar-refractivity contribution in [3.05, 3.63) is 162 Å². The lowest BCUT2D eigenvalue weighted by Crippen LogP contribution is -2.17. The van der Waals surface area contributed by atoms with Crippen molar-refractivity contribution >= 4 is 38.6 Å². The van der Waals surface area contributed by atoms with Crippen LogP contribution in [0.3, 0.4) is 0 Å². The number of rotatable bonds is 3. The Morgan fingerprint density at radius 1 is 0.378 bits per heavy atom. The number of hydrogen-bond acceptors (Lipinski definition) is 1. The maximum Gasteiger partial charge on any atom is 0.0546 e. The van der Waals surface area contributed by atoms with Gasteiger partial charge in [0.15, 0.2) is 0 Å². The Morgan fingerprint density at radius 3 is 1.64 bits per heavy atom. The largest absolute Gasteiger partial charge is 0.310 e. The van der Waals surface area contributed by atoms with Crippen LogP contribution in [0.4, 0.5) is 17.1 Å². The monoisotopic (exact) mass is 577 g/mol. The van der Waals surface area contributed by atoms with Crippen LogP contribution in [0.25, 0.3) is 43.8 Å². The van der Waals surface area contributed by atoms with Crippen molar-refractivity contribution in [2.75, 3.05) is 4.90 Å². The summed E-state index contributed by atoms with van der Waals surface area (Å²) in [6.07, 6.45) is 0. The summed E-state index contributed by atoms with van der Waals surface area (Å²) in [5.74, 6) is 0. The summed E-state index contributed by atoms with van der Waals surface area (Å²) in [6.45, 7) is 9.44. The van der Waals surface area contributed by atoms with Crippen molar-refractivity contribution in [1.82, 2.24) is 0 Å². The molecule has 0 saturated heterocycles. The lowest BCUT2D eigenvalue weighted by molar-refractivity contribution is 0.660. The maximum absolute atomic E-state index is 2.50. The molecule has 0 unspecified atom stereocenters. The van der Waals surface area contributed by atoms with Crippen molar-refractivity contribution < 1.29 is 0 Å². The fourth-order valence-corrected chi connectivity index (χ4v) is 8.33. The molecule has 0 atom stereocenters. The smallest absolute Gasteiger partial charge is 0.0546 e. The molecule has 1 nitrogen and oxygen atoms in total. The fraction of sp³-hybridized carbons (Fsp3) is 0.136. The summed E-state index contributed by atoms with van der Waals surface area (Å²) in [5.41, 5.74) is 14.4. The van der Waals surface area contributed by atoms with Crippen molar-refractivity contribution in [1.29, 1.82) is 0 Å². The lowest BCUT2D eigenvalue weighted by Gasteiger charge is -2.30. The molecule has 9 rings (SSSR count). The molecule has 1 heteroatoms. The second-order valence-corrected chi connectivity index (χ2v) is 13.8. The average Bonchev–Trinajstić information content (AvgIpc) is 3.44. The molecular formula is C44H35N. The molecule has 0 heterocycles. The zero-order valence-corrected chi connectivity index (χ0v) is 26.2. The normalized spacial score (nSPS) is 15.0. The molecule has 0 saturated carbocycles. The van der Waals surface area contributed by atoms with E-state index in [-0.39, 0.29) is 10.8 Å². The van der Waals surface area contributed by atoms with Gasteiger partial charge < -0.3 is 4.90 Å². The van der Waals surface area contributed by atoms with Crippen LogP contribution in [-0.4, -0.2) is 0 Å². The van der Waals surface area contributed by atoms with Crippen LogP contribution < -0.4 is 4.90 Å². The van der Waals surface area contributed by atoms with E-state index >= 15 is 0 Å². The van der Waals surface area contributed by atoms with Gasteiger partial charge in [-0.05, 0) is 91.0 Å². The molecule has 7 aromatic carbocycles. The summed E-state index contributed by atoms with van der Waals surface area (Å²) < 4.78 is 0. The van der Waals surface area contributed by atoms with Crippen LogP contribution in [0.2, 0.25) is 0 Å². The Hall–Kier alpha value is -5.14. The minimum absolute atomic E-state index is 0.0334. The minimum atomic E-state index is -0.0834. The Kier molecular flexibility index (Phi) is 5.37. The van der Waals surface area contributed by atoms with Gasteiger partial charge in [-0.25, -0.2) is 0 Å². The van der Waals surface area contributed by atoms with Gasteiger partial charge in [0.05, 0.1) is 5.69 Å². The van der Waals surface area contributed by atoms with Gasteiger partial charge in [0.25, 0.3) is 0 Å². The van der Waals surface area contributed by atoms with E-state index in [9.17, 15) is 0 Å². The third-order valence-electron chi connectivity index (χ3n) is 10.6. The highest BCUT2D eigenvalue weighted by molar-refractivity contribution is 6.14. The van der Waals surface area contributed by atoms with E-state index in [0.717, 1.165) is 0 Å². The van der Waals surface area contributed by atoms with Crippen molar-refractivity contribution in [2.24, 2.45) is 0 Å². The Morgan fingerprint density at radius 2 is 0.889 bits per heavy atom. The first-order valence-corrected chi connectivity index (χ1v) is 16.0. The molecule has 0 spiro atoms. The second kappa shape index (κ2) is 9.19. The molecule has 0 fully saturated rings. The molecule has 0 N–H and O–H groups in total. The Balaban J connectivity index is 1.34. The van der Waals surface area contributed by atoms with Gasteiger partial charge in [-0.15, -0.1) is 0 Å². The van der Waals surface area contributed by atoms with Crippen LogP contribution in [0, 0.1) is 0 Å². The summed E-state index contributed by atoms with van der Waals surface area (Å²) >= 11 is 0. The van der Waals surface area contributed by atoms with Crippen molar-refractivity contribution in [3.63, 3.8) is 0 Å². The van der Waals surface area contributed by atoms with Crippen molar-refractivity contribution in [3.8, 4) is 22.3 Å². The van der Waals surface area contributed by atoms with Crippen LogP contribution in [-0.2, 0) is 10.8 Å². The summed E-state index contributed by atoms with van der Waals surface area (Å²) in [5, 5.41) is 5.06. The zero-order chi connectivity index (χ0) is 30.5. The lowest BCUT2D eigenvalue weighted by atomic mass is 9.82. The van der Waals surface area contributed by atoms with E-state index in [4.69, 9.17) is 0 Å². The molecule has 2 aliphatic carbocycles. The van der Waals surface area contributed by atoms with Gasteiger partial charge in [0.2, 0.25) is 0 Å². The van der Waals surface area contributed by atoms with Gasteiger partial charge in [-0.1, -0.05) is 137 Å². The molecule has 0 aliphatic heterocycles. The highest BCUT2D eigenvalue weighted by Crippen LogP contribution is 2.53. The molecule has 2 aliphatic rings. The topological polar surface area (TPSA) is 3.24 Å². The van der Waals surface area contributed by atoms with Gasteiger partial charge in [-0.2, -0.15) is 0 Å². The summed E-state index contributed by atoms with van der Waals surface area (Å²) in [6, 6.07) is 52.1. The van der Waals surface area contributed by atoms with Crippen LogP contribution in [0.5, 0.6) is 0 Å². The first kappa shape index (κ1) is 26.3. The Bertz CT molecular complexity index is 2340. The highest BCUT2D eigenvalue weighted by atomic mass is 15.1. The maximum atomic E-state index is 2.50. The van der Waals surface area contributed by atoms with Crippen LogP contribution in [0.1, 0.15) is 49.9 Å². The summed E-state index contributed by atoms with van der Waals surface area (Å²) in [4.78, 5) is 2.50. The van der Waals surface area contributed by atoms with Crippen LogP contribution >= 0.6 is 0 Å². The number of hydrogen-bond donors (Lipinski definition) is 0. The zero-order valence-electron chi connectivity index (χ0n) is 26.2. The first-order chi connectivity index (χ1) is 21.8. The third-order valence-corrected chi connectivity index (χ3v) is 10.6. The van der Waals surface area contributed by atoms with Crippen LogP contribution in [0.15, 0.2) is 140 Å². The van der Waals surface area contributed by atoms with E-state index < -0.39 is 0 Å². The number of anilines is 3. The van der Waals surface area contributed by atoms with Crippen molar-refractivity contribution in [2.45, 2.75) is 38.5 Å². The highest BCUT2D eigenvalue weighted by Gasteiger charge is 2.37. The standard InChI is InChI=1S/C44H35N/c1-43(2)39-20-12-10-17-34(39)37-26-29(22-24-40(37)43)45(42-25-28-13-5-6-14-31(28)32-15-7-8-18-36(32)42)30-21-23-35-33-16-9-11-19-38(33)44(3,4)41(35)27-30/h5-27H,1-4H3. The predicted octanol–water partition coefficient (Wildman–Crippen LogP) is 12.1. The van der Waals surface area contributed by atoms with E-state index in [1.54, 1.807) is 0 Å². The molecule has 45 heavy (non-hydrogen) atoms. The molecule has 216 valence electrons. The fourth-order valence-electron chi connectivity index (χ4n) is 8.33. The Labute approximate surface area is 265 Å². The van der Waals surface area contributed by atoms with E-state index in [2.05, 4.69) is 172 Å². The van der Waals surface area contributed by atoms with Gasteiger partial charge >= 0.3 is 0 Å². The molecular weight excluding hydrogens is 542 g/mol. The van der Waals surface area contributed by atoms with Gasteiger partial charge in [0.1, 0.15) is 0 Å². The first-order valence-electron chi connectivity index (χ1n) is 16.0. The molecule has 7 aromatic rings. The van der Waals surface area contributed by atoms with E-state index in [1.807, 2.05) is 0 Å². The average molecular weight is 578 g/mol. The number of benzene rings is 7. The minimum Gasteiger partial charge on any atom is -0.310 e. The third kappa shape index (κ3) is 3.61. The quantitative estimate of drug-likeness (QED) is 0.189. The summed E-state index contributed by atoms with van der Waals surface area (Å²) in [7, 11) is 0. The second-order valence-electron chi connectivity index (χ2n) is 13.8. The molecule has 0 aromatic heterocycles. The van der Waals surface area contributed by atoms with E-state index in [1.165, 1.54) is 83.1 Å². The molecule has 0 amide bonds. The number of nitrogens with zero attached hydrogens (tertiary/aromatic N) is 1. The molecule has 0 radical (unpaired) electrons. The van der Waals surface area contributed by atoms with E-state index in [0.29, 0.717) is 0 Å². The molecule has 0 bridgehead atoms. The van der Waals surface area contributed by atoms with Gasteiger partial charge in [0, 0.05) is 27.6 Å². The predicted molar refractivity (Wildman–Crippen MR) is 191 cm³/mol. The van der Waals surface area contributed by atoms with Gasteiger partial charge in [-0.3, -0.25) is 0 Å². The SMILES string of the molecule is CC1(C)c2ccccc2-c2cc(N(c3ccc4c(c3)C(C)(C)c3ccccc3-4)c3cc4ccccc4c4ccccc34)ccc21. The number of fused-ring (bicyclic) bond motifs is 9.